The van der Waals surface area contributed by atoms with Crippen molar-refractivity contribution in [3.8, 4) is 5.75 Å². The number of benzene rings is 1. The maximum absolute atomic E-state index is 13.6. The zero-order valence-electron chi connectivity index (χ0n) is 19.5. The Bertz CT molecular complexity index is 1090. The standard InChI is InChI=1S/C25H35NO5S/c1-15(26-13-21(28)29)16-11-17(27)22-18(12-16)32(30,31)14-20-24(4)9-6-8-23(2,3)19(24)7-10-25(20,22)5/h11-12,19-20,26-27H,1,6-10,13-14H2,2-5H3,(H,28,29)/t19-,20+,24-,25+/m0/s1. The number of hydrogen-bond donors (Lipinski definition) is 3. The minimum absolute atomic E-state index is 0.0383. The van der Waals surface area contributed by atoms with E-state index in [-0.39, 0.29) is 45.4 Å². The fourth-order valence-corrected chi connectivity index (χ4v) is 9.83. The molecule has 0 saturated heterocycles. The van der Waals surface area contributed by atoms with Gasteiger partial charge >= 0.3 is 5.97 Å². The number of phenols is 1. The molecule has 6 nitrogen and oxygen atoms in total. The van der Waals surface area contributed by atoms with Crippen molar-refractivity contribution >= 4 is 21.5 Å². The summed E-state index contributed by atoms with van der Waals surface area (Å²) >= 11 is 0. The molecule has 0 bridgehead atoms. The number of nitrogens with one attached hydrogen (secondary N) is 1. The third kappa shape index (κ3) is 3.35. The molecule has 0 radical (unpaired) electrons. The van der Waals surface area contributed by atoms with E-state index in [1.807, 2.05) is 0 Å². The Morgan fingerprint density at radius 1 is 1.16 bits per heavy atom. The van der Waals surface area contributed by atoms with E-state index < -0.39 is 21.2 Å². The number of hydrogen-bond acceptors (Lipinski definition) is 5. The molecule has 3 N–H and O–H groups in total. The molecule has 4 rings (SSSR count). The zero-order valence-corrected chi connectivity index (χ0v) is 20.3. The van der Waals surface area contributed by atoms with Crippen molar-refractivity contribution in [1.29, 1.82) is 0 Å². The van der Waals surface area contributed by atoms with Crippen LogP contribution < -0.4 is 5.32 Å². The van der Waals surface area contributed by atoms with Crippen LogP contribution in [-0.2, 0) is 20.0 Å². The predicted octanol–water partition coefficient (Wildman–Crippen LogP) is 4.32. The van der Waals surface area contributed by atoms with Gasteiger partial charge < -0.3 is 15.5 Å². The second kappa shape index (κ2) is 7.24. The first-order valence-electron chi connectivity index (χ1n) is 11.5. The molecule has 32 heavy (non-hydrogen) atoms. The van der Waals surface area contributed by atoms with Gasteiger partial charge in [0.25, 0.3) is 0 Å². The number of aromatic hydroxyl groups is 1. The highest BCUT2D eigenvalue weighted by atomic mass is 32.2. The van der Waals surface area contributed by atoms with E-state index in [4.69, 9.17) is 5.11 Å². The fraction of sp³-hybridized carbons (Fsp3) is 0.640. The number of rotatable bonds is 4. The van der Waals surface area contributed by atoms with Crippen molar-refractivity contribution in [3.05, 3.63) is 29.8 Å². The third-order valence-electron chi connectivity index (χ3n) is 8.97. The molecular formula is C25H35NO5S. The summed E-state index contributed by atoms with van der Waals surface area (Å²) < 4.78 is 27.2. The molecule has 2 aliphatic carbocycles. The largest absolute Gasteiger partial charge is 0.508 e. The monoisotopic (exact) mass is 461 g/mol. The Labute approximate surface area is 191 Å². The van der Waals surface area contributed by atoms with Crippen LogP contribution in [0.5, 0.6) is 5.75 Å². The lowest BCUT2D eigenvalue weighted by molar-refractivity contribution is -0.135. The summed E-state index contributed by atoms with van der Waals surface area (Å²) in [5.41, 5.74) is 0.850. The van der Waals surface area contributed by atoms with E-state index in [1.54, 1.807) is 6.07 Å². The number of aliphatic carboxylic acids is 1. The first-order chi connectivity index (χ1) is 14.7. The molecule has 0 spiro atoms. The fourth-order valence-electron chi connectivity index (χ4n) is 7.51. The van der Waals surface area contributed by atoms with Crippen molar-refractivity contribution in [1.82, 2.24) is 5.32 Å². The van der Waals surface area contributed by atoms with Crippen molar-refractivity contribution in [2.75, 3.05) is 12.3 Å². The number of sulfone groups is 1. The Balaban J connectivity index is 1.83. The molecule has 2 saturated carbocycles. The number of carboxylic acid groups (broad SMARTS) is 1. The van der Waals surface area contributed by atoms with E-state index in [0.29, 0.717) is 17.0 Å². The average molecular weight is 462 g/mol. The van der Waals surface area contributed by atoms with Gasteiger partial charge in [-0.2, -0.15) is 0 Å². The normalized spacial score (nSPS) is 34.5. The molecule has 1 aliphatic heterocycles. The molecule has 0 amide bonds. The van der Waals surface area contributed by atoms with Gasteiger partial charge in [0.2, 0.25) is 0 Å². The maximum Gasteiger partial charge on any atom is 0.322 e. The van der Waals surface area contributed by atoms with Crippen LogP contribution in [0.15, 0.2) is 23.6 Å². The summed E-state index contributed by atoms with van der Waals surface area (Å²) in [6.07, 6.45) is 5.14. The van der Waals surface area contributed by atoms with Crippen LogP contribution in [0.4, 0.5) is 0 Å². The van der Waals surface area contributed by atoms with Crippen LogP contribution in [0, 0.1) is 22.7 Å². The minimum Gasteiger partial charge on any atom is -0.508 e. The highest BCUT2D eigenvalue weighted by Crippen LogP contribution is 2.67. The lowest BCUT2D eigenvalue weighted by atomic mass is 9.43. The molecule has 3 aliphatic rings. The quantitative estimate of drug-likeness (QED) is 0.617. The van der Waals surface area contributed by atoms with Crippen LogP contribution in [-0.4, -0.2) is 36.9 Å². The molecule has 1 aromatic rings. The van der Waals surface area contributed by atoms with Gasteiger partial charge in [0.15, 0.2) is 9.84 Å². The molecule has 1 heterocycles. The van der Waals surface area contributed by atoms with Crippen molar-refractivity contribution < 1.29 is 23.4 Å². The van der Waals surface area contributed by atoms with Gasteiger partial charge in [0, 0.05) is 22.2 Å². The SMILES string of the molecule is C=C(NCC(=O)O)c1cc(O)c2c(c1)S(=O)(=O)C[C@@H]1[C@@]3(C)CCCC(C)(C)[C@@H]3CC[C@@]21C. The third-order valence-corrected chi connectivity index (χ3v) is 10.7. The van der Waals surface area contributed by atoms with Gasteiger partial charge in [-0.1, -0.05) is 40.7 Å². The molecule has 2 fully saturated rings. The highest BCUT2D eigenvalue weighted by molar-refractivity contribution is 7.91. The number of carboxylic acids is 1. The van der Waals surface area contributed by atoms with E-state index in [2.05, 4.69) is 39.6 Å². The Morgan fingerprint density at radius 3 is 2.50 bits per heavy atom. The van der Waals surface area contributed by atoms with Crippen LogP contribution in [0.2, 0.25) is 0 Å². The average Bonchev–Trinajstić information content (AvgIpc) is 2.67. The molecular weight excluding hydrogens is 426 g/mol. The Hall–Kier alpha value is -2.02. The second-order valence-electron chi connectivity index (χ2n) is 11.3. The highest BCUT2D eigenvalue weighted by Gasteiger charge is 2.62. The van der Waals surface area contributed by atoms with Gasteiger partial charge in [-0.25, -0.2) is 8.42 Å². The van der Waals surface area contributed by atoms with E-state index >= 15 is 0 Å². The molecule has 1 aromatic carbocycles. The van der Waals surface area contributed by atoms with Crippen molar-refractivity contribution in [2.24, 2.45) is 22.7 Å². The topological polar surface area (TPSA) is 104 Å². The molecule has 0 unspecified atom stereocenters. The van der Waals surface area contributed by atoms with Crippen molar-refractivity contribution in [3.63, 3.8) is 0 Å². The molecule has 0 aromatic heterocycles. The Kier molecular flexibility index (Phi) is 5.24. The molecule has 7 heteroatoms. The predicted molar refractivity (Wildman–Crippen MR) is 124 cm³/mol. The summed E-state index contributed by atoms with van der Waals surface area (Å²) in [5, 5.41) is 22.7. The van der Waals surface area contributed by atoms with E-state index in [1.165, 1.54) is 12.5 Å². The Morgan fingerprint density at radius 2 is 1.84 bits per heavy atom. The smallest absolute Gasteiger partial charge is 0.322 e. The summed E-state index contributed by atoms with van der Waals surface area (Å²) in [6, 6.07) is 3.08. The lowest BCUT2D eigenvalue weighted by Crippen LogP contribution is -2.59. The summed E-state index contributed by atoms with van der Waals surface area (Å²) in [5.74, 6) is -0.603. The number of phenolic OH excluding ortho intramolecular Hbond substituents is 1. The first-order valence-corrected chi connectivity index (χ1v) is 13.1. The van der Waals surface area contributed by atoms with Gasteiger partial charge in [-0.05, 0) is 60.5 Å². The van der Waals surface area contributed by atoms with Crippen LogP contribution in [0.3, 0.4) is 0 Å². The molecule has 4 atom stereocenters. The van der Waals surface area contributed by atoms with Crippen LogP contribution >= 0.6 is 0 Å². The zero-order chi connectivity index (χ0) is 23.7. The summed E-state index contributed by atoms with van der Waals surface area (Å²) in [4.78, 5) is 11.0. The van der Waals surface area contributed by atoms with E-state index in [9.17, 15) is 18.3 Å². The van der Waals surface area contributed by atoms with Gasteiger partial charge in [0.05, 0.1) is 10.6 Å². The lowest BCUT2D eigenvalue weighted by Gasteiger charge is -2.63. The van der Waals surface area contributed by atoms with Gasteiger partial charge in [-0.15, -0.1) is 0 Å². The number of fused-ring (bicyclic) bond motifs is 5. The number of carbonyl (C=O) groups is 1. The summed E-state index contributed by atoms with van der Waals surface area (Å²) in [6.45, 7) is 12.6. The molecule has 176 valence electrons. The van der Waals surface area contributed by atoms with Crippen LogP contribution in [0.1, 0.15) is 70.9 Å². The minimum atomic E-state index is -3.63. The van der Waals surface area contributed by atoms with E-state index in [0.717, 1.165) is 25.7 Å². The first kappa shape index (κ1) is 23.1. The maximum atomic E-state index is 13.6. The summed E-state index contributed by atoms with van der Waals surface area (Å²) in [7, 11) is -3.63. The van der Waals surface area contributed by atoms with Gasteiger partial charge in [0.1, 0.15) is 12.3 Å². The van der Waals surface area contributed by atoms with Gasteiger partial charge in [-0.3, -0.25) is 4.79 Å². The van der Waals surface area contributed by atoms with Crippen LogP contribution in [0.25, 0.3) is 5.70 Å². The van der Waals surface area contributed by atoms with Crippen molar-refractivity contribution in [2.45, 2.75) is 70.1 Å². The second-order valence-corrected chi connectivity index (χ2v) is 13.3.